The first kappa shape index (κ1) is 17.1. The van der Waals surface area contributed by atoms with E-state index in [2.05, 4.69) is 39.3 Å². The van der Waals surface area contributed by atoms with Gasteiger partial charge in [-0.25, -0.2) is 14.4 Å². The van der Waals surface area contributed by atoms with Crippen LogP contribution in [-0.2, 0) is 5.41 Å². The normalized spacial score (nSPS) is 11.8. The second kappa shape index (κ2) is 6.63. The minimum Gasteiger partial charge on any atom is -0.352 e. The molecule has 0 radical (unpaired) electrons. The average molecular weight is 339 g/mol. The van der Waals surface area contributed by atoms with E-state index in [1.165, 1.54) is 12.1 Å². The molecule has 0 aliphatic carbocycles. The molecule has 2 N–H and O–H groups in total. The fourth-order valence-electron chi connectivity index (χ4n) is 2.80. The maximum absolute atomic E-state index is 13.3. The van der Waals surface area contributed by atoms with Crippen LogP contribution in [0.4, 0.5) is 10.3 Å². The zero-order valence-electron chi connectivity index (χ0n) is 14.8. The summed E-state index contributed by atoms with van der Waals surface area (Å²) in [6.07, 6.45) is 3.50. The maximum Gasteiger partial charge on any atom is 0.223 e. The van der Waals surface area contributed by atoms with Gasteiger partial charge in [0.05, 0.1) is 17.6 Å². The Bertz CT molecular complexity index is 852. The Labute approximate surface area is 146 Å². The topological polar surface area (TPSA) is 66.5 Å². The van der Waals surface area contributed by atoms with Gasteiger partial charge in [-0.05, 0) is 37.6 Å². The lowest BCUT2D eigenvalue weighted by Crippen LogP contribution is -2.21. The third kappa shape index (κ3) is 3.52. The SMILES string of the molecule is CC(C)Nc1nccc(-c2cn[nH]c2C(C)(C)c2ccc(F)cc2)n1. The van der Waals surface area contributed by atoms with Crippen LogP contribution in [0.3, 0.4) is 0 Å². The quantitative estimate of drug-likeness (QED) is 0.733. The van der Waals surface area contributed by atoms with Crippen molar-refractivity contribution in [1.29, 1.82) is 0 Å². The first-order chi connectivity index (χ1) is 11.9. The number of H-pyrrole nitrogens is 1. The highest BCUT2D eigenvalue weighted by molar-refractivity contribution is 5.64. The standard InChI is InChI=1S/C19H22FN5/c1-12(2)23-18-21-10-9-16(24-18)15-11-22-25-17(15)19(3,4)13-5-7-14(20)8-6-13/h5-12H,1-4H3,(H,22,25)(H,21,23,24). The van der Waals surface area contributed by atoms with E-state index in [1.807, 2.05) is 19.9 Å². The molecule has 0 saturated heterocycles. The van der Waals surface area contributed by atoms with Crippen LogP contribution >= 0.6 is 0 Å². The average Bonchev–Trinajstić information content (AvgIpc) is 3.05. The number of halogens is 1. The number of aromatic amines is 1. The Morgan fingerprint density at radius 1 is 1.12 bits per heavy atom. The summed E-state index contributed by atoms with van der Waals surface area (Å²) in [4.78, 5) is 8.85. The minimum atomic E-state index is -0.379. The monoisotopic (exact) mass is 339 g/mol. The summed E-state index contributed by atoms with van der Waals surface area (Å²) in [5.74, 6) is 0.337. The molecular weight excluding hydrogens is 317 g/mol. The number of aromatic nitrogens is 4. The Morgan fingerprint density at radius 3 is 2.52 bits per heavy atom. The van der Waals surface area contributed by atoms with Crippen LogP contribution in [0.25, 0.3) is 11.3 Å². The lowest BCUT2D eigenvalue weighted by molar-refractivity contribution is 0.602. The van der Waals surface area contributed by atoms with Gasteiger partial charge in [-0.2, -0.15) is 5.10 Å². The molecule has 0 amide bonds. The molecule has 2 aromatic heterocycles. The molecule has 130 valence electrons. The van der Waals surface area contributed by atoms with Crippen LogP contribution in [-0.4, -0.2) is 26.2 Å². The highest BCUT2D eigenvalue weighted by Gasteiger charge is 2.29. The molecule has 0 spiro atoms. The summed E-state index contributed by atoms with van der Waals surface area (Å²) in [6.45, 7) is 8.23. The Balaban J connectivity index is 2.01. The van der Waals surface area contributed by atoms with Crippen molar-refractivity contribution >= 4 is 5.95 Å². The van der Waals surface area contributed by atoms with Crippen molar-refractivity contribution in [1.82, 2.24) is 20.2 Å². The Kier molecular flexibility index (Phi) is 4.53. The second-order valence-electron chi connectivity index (χ2n) is 6.86. The van der Waals surface area contributed by atoms with E-state index < -0.39 is 0 Å². The van der Waals surface area contributed by atoms with Gasteiger partial charge in [-0.3, -0.25) is 5.10 Å². The molecule has 0 saturated carbocycles. The molecule has 3 aromatic rings. The molecule has 0 unspecified atom stereocenters. The molecule has 0 aliphatic heterocycles. The summed E-state index contributed by atoms with van der Waals surface area (Å²) < 4.78 is 13.3. The van der Waals surface area contributed by atoms with Gasteiger partial charge in [0.1, 0.15) is 5.82 Å². The van der Waals surface area contributed by atoms with Gasteiger partial charge in [0.15, 0.2) is 0 Å². The van der Waals surface area contributed by atoms with E-state index in [0.717, 1.165) is 22.5 Å². The predicted molar refractivity (Wildman–Crippen MR) is 96.9 cm³/mol. The van der Waals surface area contributed by atoms with Crippen molar-refractivity contribution in [2.45, 2.75) is 39.2 Å². The smallest absolute Gasteiger partial charge is 0.223 e. The third-order valence-electron chi connectivity index (χ3n) is 4.18. The summed E-state index contributed by atoms with van der Waals surface area (Å²) in [6, 6.07) is 8.65. The van der Waals surface area contributed by atoms with Crippen molar-refractivity contribution in [2.75, 3.05) is 5.32 Å². The van der Waals surface area contributed by atoms with Crippen molar-refractivity contribution < 1.29 is 4.39 Å². The van der Waals surface area contributed by atoms with Crippen molar-refractivity contribution in [3.63, 3.8) is 0 Å². The van der Waals surface area contributed by atoms with E-state index in [9.17, 15) is 4.39 Å². The highest BCUT2D eigenvalue weighted by atomic mass is 19.1. The fraction of sp³-hybridized carbons (Fsp3) is 0.316. The molecule has 0 bridgehead atoms. The Hall–Kier alpha value is -2.76. The van der Waals surface area contributed by atoms with Gasteiger partial charge >= 0.3 is 0 Å². The van der Waals surface area contributed by atoms with Crippen molar-refractivity contribution in [3.8, 4) is 11.3 Å². The molecule has 0 atom stereocenters. The number of rotatable bonds is 5. The van der Waals surface area contributed by atoms with Gasteiger partial charge in [-0.1, -0.05) is 26.0 Å². The lowest BCUT2D eigenvalue weighted by atomic mass is 9.79. The molecular formula is C19H22FN5. The molecule has 5 nitrogen and oxygen atoms in total. The molecule has 1 aromatic carbocycles. The molecule has 0 aliphatic rings. The minimum absolute atomic E-state index is 0.245. The first-order valence-corrected chi connectivity index (χ1v) is 8.28. The molecule has 2 heterocycles. The van der Waals surface area contributed by atoms with E-state index in [4.69, 9.17) is 0 Å². The maximum atomic E-state index is 13.3. The van der Waals surface area contributed by atoms with E-state index in [0.29, 0.717) is 5.95 Å². The zero-order chi connectivity index (χ0) is 18.0. The largest absolute Gasteiger partial charge is 0.352 e. The number of hydrogen-bond donors (Lipinski definition) is 2. The lowest BCUT2D eigenvalue weighted by Gasteiger charge is -2.25. The number of hydrogen-bond acceptors (Lipinski definition) is 4. The fourth-order valence-corrected chi connectivity index (χ4v) is 2.80. The van der Waals surface area contributed by atoms with Crippen LogP contribution in [0, 0.1) is 5.82 Å². The number of nitrogens with zero attached hydrogens (tertiary/aromatic N) is 3. The summed E-state index contributed by atoms with van der Waals surface area (Å²) >= 11 is 0. The number of nitrogens with one attached hydrogen (secondary N) is 2. The van der Waals surface area contributed by atoms with Crippen LogP contribution in [0.1, 0.15) is 39.0 Å². The number of benzene rings is 1. The first-order valence-electron chi connectivity index (χ1n) is 8.28. The van der Waals surface area contributed by atoms with Crippen molar-refractivity contribution in [2.24, 2.45) is 0 Å². The van der Waals surface area contributed by atoms with Gasteiger partial charge in [0.25, 0.3) is 0 Å². The van der Waals surface area contributed by atoms with Gasteiger partial charge in [0, 0.05) is 23.2 Å². The van der Waals surface area contributed by atoms with Crippen molar-refractivity contribution in [3.05, 3.63) is 59.8 Å². The summed E-state index contributed by atoms with van der Waals surface area (Å²) in [7, 11) is 0. The molecule has 0 fully saturated rings. The van der Waals surface area contributed by atoms with Crippen LogP contribution < -0.4 is 5.32 Å². The Morgan fingerprint density at radius 2 is 1.84 bits per heavy atom. The van der Waals surface area contributed by atoms with E-state index in [1.54, 1.807) is 24.5 Å². The third-order valence-corrected chi connectivity index (χ3v) is 4.18. The predicted octanol–water partition coefficient (Wildman–Crippen LogP) is 4.15. The van der Waals surface area contributed by atoms with Gasteiger partial charge in [-0.15, -0.1) is 0 Å². The second-order valence-corrected chi connectivity index (χ2v) is 6.86. The van der Waals surface area contributed by atoms with Crippen LogP contribution in [0.15, 0.2) is 42.7 Å². The van der Waals surface area contributed by atoms with Gasteiger partial charge in [0.2, 0.25) is 5.95 Å². The zero-order valence-corrected chi connectivity index (χ0v) is 14.8. The number of anilines is 1. The van der Waals surface area contributed by atoms with Crippen LogP contribution in [0.2, 0.25) is 0 Å². The van der Waals surface area contributed by atoms with Gasteiger partial charge < -0.3 is 5.32 Å². The summed E-state index contributed by atoms with van der Waals surface area (Å²) in [5, 5.41) is 10.5. The van der Waals surface area contributed by atoms with Crippen LogP contribution in [0.5, 0.6) is 0 Å². The summed E-state index contributed by atoms with van der Waals surface area (Å²) in [5.41, 5.74) is 3.23. The van der Waals surface area contributed by atoms with E-state index >= 15 is 0 Å². The molecule has 25 heavy (non-hydrogen) atoms. The van der Waals surface area contributed by atoms with E-state index in [-0.39, 0.29) is 17.3 Å². The molecule has 3 rings (SSSR count). The highest BCUT2D eigenvalue weighted by Crippen LogP contribution is 2.36. The molecule has 6 heteroatoms.